The molecule has 2 N–H and O–H groups in total. The molecule has 1 aliphatic carbocycles. The van der Waals surface area contributed by atoms with Gasteiger partial charge in [-0.25, -0.2) is 0 Å². The Bertz CT molecular complexity index is 523. The third kappa shape index (κ3) is 4.52. The molecule has 24 heavy (non-hydrogen) atoms. The number of rotatable bonds is 3. The topological polar surface area (TPSA) is 46.3 Å². The van der Waals surface area contributed by atoms with Gasteiger partial charge in [0.15, 0.2) is 0 Å². The second-order valence-corrected chi connectivity index (χ2v) is 7.47. The van der Waals surface area contributed by atoms with Crippen molar-refractivity contribution < 1.29 is 4.79 Å². The van der Waals surface area contributed by atoms with Crippen LogP contribution in [0.5, 0.6) is 0 Å². The van der Waals surface area contributed by atoms with Crippen LogP contribution in [-0.4, -0.2) is 29.9 Å². The van der Waals surface area contributed by atoms with Gasteiger partial charge in [-0.05, 0) is 62.1 Å². The molecule has 1 aromatic rings. The van der Waals surface area contributed by atoms with Crippen LogP contribution in [0.2, 0.25) is 0 Å². The molecular formula is C20H31ClN2O. The van der Waals surface area contributed by atoms with Gasteiger partial charge in [-0.2, -0.15) is 0 Å². The molecule has 1 aliphatic heterocycles. The van der Waals surface area contributed by atoms with Crippen molar-refractivity contribution >= 4 is 18.3 Å². The average molecular weight is 351 g/mol. The van der Waals surface area contributed by atoms with E-state index < -0.39 is 0 Å². The highest BCUT2D eigenvalue weighted by atomic mass is 35.5. The Labute approximate surface area is 152 Å². The molecular weight excluding hydrogens is 320 g/mol. The molecule has 1 saturated carbocycles. The second-order valence-electron chi connectivity index (χ2n) is 7.47. The van der Waals surface area contributed by atoms with Crippen LogP contribution in [0.1, 0.15) is 73.7 Å². The number of benzene rings is 1. The molecule has 1 saturated heterocycles. The van der Waals surface area contributed by atoms with Gasteiger partial charge in [0.2, 0.25) is 0 Å². The molecule has 2 atom stereocenters. The number of hydrogen-bond acceptors (Lipinski definition) is 2. The number of hydrogen-bond donors (Lipinski definition) is 1. The van der Waals surface area contributed by atoms with E-state index in [-0.39, 0.29) is 24.4 Å². The lowest BCUT2D eigenvalue weighted by atomic mass is 9.84. The first-order valence-electron chi connectivity index (χ1n) is 9.30. The number of carbonyl (C=O) groups excluding carboxylic acids is 1. The van der Waals surface area contributed by atoms with Gasteiger partial charge in [0.05, 0.1) is 0 Å². The summed E-state index contributed by atoms with van der Waals surface area (Å²) in [6, 6.07) is 8.58. The molecule has 3 rings (SSSR count). The Morgan fingerprint density at radius 2 is 1.75 bits per heavy atom. The van der Waals surface area contributed by atoms with Crippen molar-refractivity contribution in [1.29, 1.82) is 0 Å². The van der Waals surface area contributed by atoms with Crippen LogP contribution in [0.4, 0.5) is 0 Å². The average Bonchev–Trinajstić information content (AvgIpc) is 2.62. The highest BCUT2D eigenvalue weighted by molar-refractivity contribution is 5.94. The minimum atomic E-state index is 0. The Hall–Kier alpha value is -1.06. The van der Waals surface area contributed by atoms with Gasteiger partial charge in [-0.1, -0.05) is 31.4 Å². The van der Waals surface area contributed by atoms with Gasteiger partial charge >= 0.3 is 0 Å². The maximum Gasteiger partial charge on any atom is 0.253 e. The van der Waals surface area contributed by atoms with Crippen molar-refractivity contribution in [2.75, 3.05) is 13.1 Å². The maximum atomic E-state index is 12.7. The smallest absolute Gasteiger partial charge is 0.253 e. The summed E-state index contributed by atoms with van der Waals surface area (Å²) in [5.41, 5.74) is 8.27. The lowest BCUT2D eigenvalue weighted by Gasteiger charge is -2.34. The van der Waals surface area contributed by atoms with E-state index in [1.54, 1.807) is 0 Å². The SMILES string of the molecule is CC(N)C1CCCN(C(=O)c2ccc(C3CCCCC3)cc2)C1.Cl. The highest BCUT2D eigenvalue weighted by Crippen LogP contribution is 2.32. The normalized spacial score (nSPS) is 23.4. The second kappa shape index (κ2) is 8.87. The van der Waals surface area contributed by atoms with Crippen molar-refractivity contribution in [3.05, 3.63) is 35.4 Å². The summed E-state index contributed by atoms with van der Waals surface area (Å²) in [5, 5.41) is 0. The molecule has 2 unspecified atom stereocenters. The number of piperidine rings is 1. The summed E-state index contributed by atoms with van der Waals surface area (Å²) in [4.78, 5) is 14.7. The van der Waals surface area contributed by atoms with Crippen molar-refractivity contribution in [1.82, 2.24) is 4.90 Å². The first-order valence-corrected chi connectivity index (χ1v) is 9.30. The molecule has 0 radical (unpaired) electrons. The number of amides is 1. The van der Waals surface area contributed by atoms with Crippen LogP contribution in [0.3, 0.4) is 0 Å². The monoisotopic (exact) mass is 350 g/mol. The quantitative estimate of drug-likeness (QED) is 0.880. The Morgan fingerprint density at radius 3 is 2.38 bits per heavy atom. The number of carbonyl (C=O) groups is 1. The molecule has 2 aliphatic rings. The fourth-order valence-electron chi connectivity index (χ4n) is 4.14. The minimum Gasteiger partial charge on any atom is -0.338 e. The Kier molecular flexibility index (Phi) is 7.12. The van der Waals surface area contributed by atoms with Crippen LogP contribution < -0.4 is 5.73 Å². The van der Waals surface area contributed by atoms with E-state index in [9.17, 15) is 4.79 Å². The highest BCUT2D eigenvalue weighted by Gasteiger charge is 2.26. The Morgan fingerprint density at radius 1 is 1.08 bits per heavy atom. The summed E-state index contributed by atoms with van der Waals surface area (Å²) in [6.07, 6.45) is 8.88. The number of halogens is 1. The predicted molar refractivity (Wildman–Crippen MR) is 102 cm³/mol. The molecule has 0 spiro atoms. The fourth-order valence-corrected chi connectivity index (χ4v) is 4.14. The molecule has 4 heteroatoms. The van der Waals surface area contributed by atoms with E-state index in [4.69, 9.17) is 5.73 Å². The van der Waals surface area contributed by atoms with E-state index >= 15 is 0 Å². The predicted octanol–water partition coefficient (Wildman–Crippen LogP) is 4.36. The fraction of sp³-hybridized carbons (Fsp3) is 0.650. The summed E-state index contributed by atoms with van der Waals surface area (Å²) in [6.45, 7) is 3.73. The van der Waals surface area contributed by atoms with E-state index in [1.165, 1.54) is 37.7 Å². The van der Waals surface area contributed by atoms with Crippen LogP contribution in [-0.2, 0) is 0 Å². The van der Waals surface area contributed by atoms with Gasteiger partial charge in [-0.15, -0.1) is 12.4 Å². The summed E-state index contributed by atoms with van der Waals surface area (Å²) >= 11 is 0. The molecule has 0 aromatic heterocycles. The van der Waals surface area contributed by atoms with Crippen molar-refractivity contribution in [3.63, 3.8) is 0 Å². The van der Waals surface area contributed by atoms with Crippen LogP contribution in [0, 0.1) is 5.92 Å². The molecule has 0 bridgehead atoms. The van der Waals surface area contributed by atoms with Crippen LogP contribution in [0.25, 0.3) is 0 Å². The van der Waals surface area contributed by atoms with Crippen molar-refractivity contribution in [2.24, 2.45) is 11.7 Å². The van der Waals surface area contributed by atoms with Crippen LogP contribution >= 0.6 is 12.4 Å². The lowest BCUT2D eigenvalue weighted by Crippen LogP contribution is -2.45. The van der Waals surface area contributed by atoms with E-state index in [2.05, 4.69) is 19.1 Å². The first-order chi connectivity index (χ1) is 11.1. The minimum absolute atomic E-state index is 0. The molecule has 2 fully saturated rings. The third-order valence-corrected chi connectivity index (χ3v) is 5.72. The van der Waals surface area contributed by atoms with Crippen molar-refractivity contribution in [3.8, 4) is 0 Å². The number of nitrogens with two attached hydrogens (primary N) is 1. The standard InChI is InChI=1S/C20H30N2O.ClH/c1-15(21)19-8-5-13-22(14-19)20(23)18-11-9-17(10-12-18)16-6-3-2-4-7-16;/h9-12,15-16,19H,2-8,13-14,21H2,1H3;1H. The van der Waals surface area contributed by atoms with Gasteiger partial charge in [0, 0.05) is 24.7 Å². The zero-order valence-corrected chi connectivity index (χ0v) is 15.6. The maximum absolute atomic E-state index is 12.7. The Balaban J connectivity index is 0.00000208. The number of nitrogens with zero attached hydrogens (tertiary/aromatic N) is 1. The van der Waals surface area contributed by atoms with Gasteiger partial charge < -0.3 is 10.6 Å². The molecule has 134 valence electrons. The van der Waals surface area contributed by atoms with Gasteiger partial charge in [0.25, 0.3) is 5.91 Å². The van der Waals surface area contributed by atoms with E-state index in [1.807, 2.05) is 17.0 Å². The molecule has 1 aromatic carbocycles. The van der Waals surface area contributed by atoms with Crippen molar-refractivity contribution in [2.45, 2.75) is 63.8 Å². The largest absolute Gasteiger partial charge is 0.338 e. The van der Waals surface area contributed by atoms with Gasteiger partial charge in [-0.3, -0.25) is 4.79 Å². The molecule has 1 heterocycles. The van der Waals surface area contributed by atoms with E-state index in [0.717, 1.165) is 31.5 Å². The zero-order valence-electron chi connectivity index (χ0n) is 14.7. The lowest BCUT2D eigenvalue weighted by molar-refractivity contribution is 0.0661. The molecule has 3 nitrogen and oxygen atoms in total. The zero-order chi connectivity index (χ0) is 16.2. The first kappa shape index (κ1) is 19.3. The summed E-state index contributed by atoms with van der Waals surface area (Å²) in [7, 11) is 0. The summed E-state index contributed by atoms with van der Waals surface area (Å²) < 4.78 is 0. The van der Waals surface area contributed by atoms with E-state index in [0.29, 0.717) is 11.8 Å². The van der Waals surface area contributed by atoms with Gasteiger partial charge in [0.1, 0.15) is 0 Å². The van der Waals surface area contributed by atoms with Crippen LogP contribution in [0.15, 0.2) is 24.3 Å². The summed E-state index contributed by atoms with van der Waals surface area (Å²) in [5.74, 6) is 1.31. The third-order valence-electron chi connectivity index (χ3n) is 5.72. The number of likely N-dealkylation sites (tertiary alicyclic amines) is 1. The molecule has 1 amide bonds.